The van der Waals surface area contributed by atoms with Gasteiger partial charge in [0, 0.05) is 12.1 Å². The summed E-state index contributed by atoms with van der Waals surface area (Å²) in [4.78, 5) is 23.1. The molecule has 1 fully saturated rings. The highest BCUT2D eigenvalue weighted by molar-refractivity contribution is 5.89. The van der Waals surface area contributed by atoms with Crippen LogP contribution in [-0.4, -0.2) is 23.9 Å². The van der Waals surface area contributed by atoms with E-state index < -0.39 is 0 Å². The lowest BCUT2D eigenvalue weighted by Gasteiger charge is -2.32. The Labute approximate surface area is 109 Å². The number of allylic oxidation sites excluding steroid dienone is 2. The highest BCUT2D eigenvalue weighted by atomic mass is 16.2. The third-order valence-corrected chi connectivity index (χ3v) is 3.06. The van der Waals surface area contributed by atoms with Gasteiger partial charge in [0.05, 0.1) is 0 Å². The Balaban J connectivity index is 2.56. The fraction of sp³-hybridized carbons (Fsp3) is 0.571. The van der Waals surface area contributed by atoms with Crippen molar-refractivity contribution in [3.05, 3.63) is 24.3 Å². The quantitative estimate of drug-likeness (QED) is 0.746. The highest BCUT2D eigenvalue weighted by Gasteiger charge is 2.26. The summed E-state index contributed by atoms with van der Waals surface area (Å²) in [6, 6.07) is 0.0771. The predicted octanol–water partition coefficient (Wildman–Crippen LogP) is 1.68. The first kappa shape index (κ1) is 14.5. The lowest BCUT2D eigenvalue weighted by atomic mass is 9.90. The SMILES string of the molecule is C/C=C/C(=O)NC1CCCCC1NC(=O)/C=C/C. The van der Waals surface area contributed by atoms with E-state index in [0.717, 1.165) is 25.7 Å². The van der Waals surface area contributed by atoms with Gasteiger partial charge in [-0.15, -0.1) is 0 Å². The third-order valence-electron chi connectivity index (χ3n) is 3.06. The molecule has 1 aliphatic rings. The Bertz CT molecular complexity index is 314. The van der Waals surface area contributed by atoms with E-state index >= 15 is 0 Å². The number of nitrogens with one attached hydrogen (secondary N) is 2. The molecule has 0 spiro atoms. The Kier molecular flexibility index (Phi) is 6.19. The molecule has 0 aliphatic heterocycles. The molecule has 0 bridgehead atoms. The minimum Gasteiger partial charge on any atom is -0.348 e. The van der Waals surface area contributed by atoms with Crippen LogP contribution in [0.1, 0.15) is 39.5 Å². The number of carbonyl (C=O) groups is 2. The van der Waals surface area contributed by atoms with Crippen LogP contribution in [0, 0.1) is 0 Å². The van der Waals surface area contributed by atoms with Crippen LogP contribution >= 0.6 is 0 Å². The Morgan fingerprint density at radius 2 is 1.28 bits per heavy atom. The molecular formula is C14H22N2O2. The van der Waals surface area contributed by atoms with Crippen LogP contribution in [-0.2, 0) is 9.59 Å². The maximum absolute atomic E-state index is 11.5. The number of amides is 2. The second-order valence-corrected chi connectivity index (χ2v) is 4.51. The first-order valence-electron chi connectivity index (χ1n) is 6.53. The van der Waals surface area contributed by atoms with E-state index in [0.29, 0.717) is 0 Å². The first-order chi connectivity index (χ1) is 8.67. The predicted molar refractivity (Wildman–Crippen MR) is 72.0 cm³/mol. The van der Waals surface area contributed by atoms with Gasteiger partial charge in [0.25, 0.3) is 0 Å². The molecule has 2 unspecified atom stereocenters. The van der Waals surface area contributed by atoms with Crippen LogP contribution in [0.15, 0.2) is 24.3 Å². The number of hydrogen-bond acceptors (Lipinski definition) is 2. The number of rotatable bonds is 4. The van der Waals surface area contributed by atoms with E-state index in [-0.39, 0.29) is 23.9 Å². The van der Waals surface area contributed by atoms with E-state index in [2.05, 4.69) is 10.6 Å². The summed E-state index contributed by atoms with van der Waals surface area (Å²) < 4.78 is 0. The maximum atomic E-state index is 11.5. The highest BCUT2D eigenvalue weighted by Crippen LogP contribution is 2.18. The summed E-state index contributed by atoms with van der Waals surface area (Å²) in [6.45, 7) is 3.62. The molecule has 1 aliphatic carbocycles. The van der Waals surface area contributed by atoms with Crippen LogP contribution in [0.2, 0.25) is 0 Å². The van der Waals surface area contributed by atoms with Crippen LogP contribution in [0.5, 0.6) is 0 Å². The Morgan fingerprint density at radius 1 is 0.889 bits per heavy atom. The van der Waals surface area contributed by atoms with Crippen molar-refractivity contribution in [1.29, 1.82) is 0 Å². The van der Waals surface area contributed by atoms with Crippen LogP contribution in [0.4, 0.5) is 0 Å². The fourth-order valence-corrected chi connectivity index (χ4v) is 2.24. The van der Waals surface area contributed by atoms with Gasteiger partial charge in [0.1, 0.15) is 0 Å². The molecule has 1 saturated carbocycles. The van der Waals surface area contributed by atoms with Crippen molar-refractivity contribution in [3.63, 3.8) is 0 Å². The van der Waals surface area contributed by atoms with Crippen LogP contribution < -0.4 is 10.6 Å². The molecule has 2 atom stereocenters. The fourth-order valence-electron chi connectivity index (χ4n) is 2.24. The van der Waals surface area contributed by atoms with E-state index in [4.69, 9.17) is 0 Å². The lowest BCUT2D eigenvalue weighted by Crippen LogP contribution is -2.52. The zero-order valence-corrected chi connectivity index (χ0v) is 11.1. The van der Waals surface area contributed by atoms with Crippen LogP contribution in [0.25, 0.3) is 0 Å². The molecule has 0 aromatic heterocycles. The van der Waals surface area contributed by atoms with Gasteiger partial charge >= 0.3 is 0 Å². The van der Waals surface area contributed by atoms with Crippen molar-refractivity contribution in [1.82, 2.24) is 10.6 Å². The van der Waals surface area contributed by atoms with Gasteiger partial charge < -0.3 is 10.6 Å². The monoisotopic (exact) mass is 250 g/mol. The maximum Gasteiger partial charge on any atom is 0.243 e. The van der Waals surface area contributed by atoms with E-state index in [1.54, 1.807) is 12.2 Å². The normalized spacial score (nSPS) is 24.3. The summed E-state index contributed by atoms with van der Waals surface area (Å²) in [5.74, 6) is -0.177. The van der Waals surface area contributed by atoms with Gasteiger partial charge in [0.2, 0.25) is 11.8 Å². The molecule has 0 radical (unpaired) electrons. The molecule has 0 aromatic carbocycles. The van der Waals surface area contributed by atoms with Gasteiger partial charge in [0.15, 0.2) is 0 Å². The van der Waals surface area contributed by atoms with Crippen molar-refractivity contribution < 1.29 is 9.59 Å². The summed E-state index contributed by atoms with van der Waals surface area (Å²) in [5, 5.41) is 5.91. The minimum atomic E-state index is -0.0883. The largest absolute Gasteiger partial charge is 0.348 e. The van der Waals surface area contributed by atoms with Crippen molar-refractivity contribution in [2.45, 2.75) is 51.6 Å². The van der Waals surface area contributed by atoms with E-state index in [9.17, 15) is 9.59 Å². The first-order valence-corrected chi connectivity index (χ1v) is 6.53. The standard InChI is InChI=1S/C14H22N2O2/c1-3-7-13(17)15-11-9-5-6-10-12(11)16-14(18)8-4-2/h3-4,7-8,11-12H,5-6,9-10H2,1-2H3,(H,15,17)(H,16,18)/b7-3+,8-4+. The summed E-state index contributed by atoms with van der Waals surface area (Å²) in [5.41, 5.74) is 0. The molecule has 2 N–H and O–H groups in total. The number of hydrogen-bond donors (Lipinski definition) is 2. The molecule has 0 saturated heterocycles. The molecule has 100 valence electrons. The molecule has 2 amide bonds. The molecule has 4 nitrogen and oxygen atoms in total. The average molecular weight is 250 g/mol. The third kappa shape index (κ3) is 4.73. The van der Waals surface area contributed by atoms with Crippen LogP contribution in [0.3, 0.4) is 0 Å². The summed E-state index contributed by atoms with van der Waals surface area (Å²) in [7, 11) is 0. The Morgan fingerprint density at radius 3 is 1.61 bits per heavy atom. The molecule has 0 heterocycles. The zero-order valence-electron chi connectivity index (χ0n) is 11.1. The molecule has 1 rings (SSSR count). The van der Waals surface area contributed by atoms with Gasteiger partial charge in [-0.2, -0.15) is 0 Å². The van der Waals surface area contributed by atoms with Gasteiger partial charge in [-0.3, -0.25) is 9.59 Å². The topological polar surface area (TPSA) is 58.2 Å². The smallest absolute Gasteiger partial charge is 0.243 e. The summed E-state index contributed by atoms with van der Waals surface area (Å²) >= 11 is 0. The van der Waals surface area contributed by atoms with Crippen molar-refractivity contribution in [2.75, 3.05) is 0 Å². The molecule has 4 heteroatoms. The van der Waals surface area contributed by atoms with Gasteiger partial charge in [-0.25, -0.2) is 0 Å². The second kappa shape index (κ2) is 7.69. The second-order valence-electron chi connectivity index (χ2n) is 4.51. The Hall–Kier alpha value is -1.58. The summed E-state index contributed by atoms with van der Waals surface area (Å²) in [6.07, 6.45) is 10.5. The van der Waals surface area contributed by atoms with Crippen molar-refractivity contribution >= 4 is 11.8 Å². The average Bonchev–Trinajstić information content (AvgIpc) is 2.32. The van der Waals surface area contributed by atoms with E-state index in [1.807, 2.05) is 13.8 Å². The van der Waals surface area contributed by atoms with Crippen molar-refractivity contribution in [2.24, 2.45) is 0 Å². The number of carbonyl (C=O) groups excluding carboxylic acids is 2. The minimum absolute atomic E-state index is 0.0386. The lowest BCUT2D eigenvalue weighted by molar-refractivity contribution is -0.120. The van der Waals surface area contributed by atoms with Gasteiger partial charge in [-0.05, 0) is 38.8 Å². The zero-order chi connectivity index (χ0) is 13.4. The molecule has 0 aromatic rings. The van der Waals surface area contributed by atoms with Crippen molar-refractivity contribution in [3.8, 4) is 0 Å². The molecule has 18 heavy (non-hydrogen) atoms. The van der Waals surface area contributed by atoms with Gasteiger partial charge in [-0.1, -0.05) is 25.0 Å². The molecular weight excluding hydrogens is 228 g/mol. The van der Waals surface area contributed by atoms with E-state index in [1.165, 1.54) is 12.2 Å².